The summed E-state index contributed by atoms with van der Waals surface area (Å²) in [5.74, 6) is 1.20. The Morgan fingerprint density at radius 3 is 2.47 bits per heavy atom. The predicted molar refractivity (Wildman–Crippen MR) is 75.9 cm³/mol. The second-order valence-electron chi connectivity index (χ2n) is 5.75. The van der Waals surface area contributed by atoms with Gasteiger partial charge in [-0.2, -0.15) is 0 Å². The highest BCUT2D eigenvalue weighted by Crippen LogP contribution is 2.32. The summed E-state index contributed by atoms with van der Waals surface area (Å²) >= 11 is 0. The molecule has 2 aromatic rings. The Labute approximate surface area is 114 Å². The van der Waals surface area contributed by atoms with Crippen LogP contribution < -0.4 is 5.32 Å². The van der Waals surface area contributed by atoms with E-state index < -0.39 is 0 Å². The van der Waals surface area contributed by atoms with E-state index in [4.69, 9.17) is 4.42 Å². The van der Waals surface area contributed by atoms with Crippen LogP contribution in [-0.4, -0.2) is 17.2 Å². The number of hydrogen-bond donors (Lipinski definition) is 1. The lowest BCUT2D eigenvalue weighted by Gasteiger charge is -2.21. The Kier molecular flexibility index (Phi) is 3.71. The summed E-state index contributed by atoms with van der Waals surface area (Å²) in [7, 11) is 1.87. The molecule has 0 saturated carbocycles. The van der Waals surface area contributed by atoms with Gasteiger partial charge in [-0.1, -0.05) is 39.0 Å². The minimum Gasteiger partial charge on any atom is -0.419 e. The van der Waals surface area contributed by atoms with E-state index in [9.17, 15) is 0 Å². The maximum atomic E-state index is 5.77. The van der Waals surface area contributed by atoms with Gasteiger partial charge in [0.2, 0.25) is 11.8 Å². The molecule has 0 radical (unpaired) electrons. The molecule has 1 N–H and O–H groups in total. The first kappa shape index (κ1) is 13.7. The third kappa shape index (κ3) is 2.84. The average Bonchev–Trinajstić information content (AvgIpc) is 2.86. The highest BCUT2D eigenvalue weighted by atomic mass is 16.4. The monoisotopic (exact) mass is 259 g/mol. The summed E-state index contributed by atoms with van der Waals surface area (Å²) in [6, 6.07) is 8.24. The number of nitrogens with one attached hydrogen (secondary N) is 1. The van der Waals surface area contributed by atoms with E-state index in [-0.39, 0.29) is 11.5 Å². The maximum Gasteiger partial charge on any atom is 0.248 e. The van der Waals surface area contributed by atoms with Gasteiger partial charge in [0.1, 0.15) is 0 Å². The lowest BCUT2D eigenvalue weighted by Crippen LogP contribution is -2.12. The summed E-state index contributed by atoms with van der Waals surface area (Å²) in [6.45, 7) is 8.53. The standard InChI is InChI=1S/C15H21N3O/c1-10(16-5)13-17-18-14(19-13)11-8-6-7-9-12(11)15(2,3)4/h6-10,16H,1-5H3. The third-order valence-corrected chi connectivity index (χ3v) is 3.21. The largest absolute Gasteiger partial charge is 0.419 e. The fourth-order valence-corrected chi connectivity index (χ4v) is 1.97. The van der Waals surface area contributed by atoms with Crippen molar-refractivity contribution in [2.45, 2.75) is 39.2 Å². The average molecular weight is 259 g/mol. The third-order valence-electron chi connectivity index (χ3n) is 3.21. The van der Waals surface area contributed by atoms with Crippen LogP contribution in [0.1, 0.15) is 45.2 Å². The first-order valence-corrected chi connectivity index (χ1v) is 6.54. The molecule has 0 fully saturated rings. The zero-order chi connectivity index (χ0) is 14.0. The molecule has 102 valence electrons. The van der Waals surface area contributed by atoms with Crippen molar-refractivity contribution < 1.29 is 4.42 Å². The van der Waals surface area contributed by atoms with Crippen LogP contribution in [0, 0.1) is 0 Å². The van der Waals surface area contributed by atoms with Gasteiger partial charge in [-0.3, -0.25) is 0 Å². The summed E-state index contributed by atoms with van der Waals surface area (Å²) in [5.41, 5.74) is 2.26. The highest BCUT2D eigenvalue weighted by Gasteiger charge is 2.22. The van der Waals surface area contributed by atoms with Gasteiger partial charge < -0.3 is 9.73 Å². The number of benzene rings is 1. The van der Waals surface area contributed by atoms with Crippen molar-refractivity contribution in [1.82, 2.24) is 15.5 Å². The molecule has 0 amide bonds. The Morgan fingerprint density at radius 2 is 1.84 bits per heavy atom. The van der Waals surface area contributed by atoms with Gasteiger partial charge in [-0.05, 0) is 31.0 Å². The second-order valence-corrected chi connectivity index (χ2v) is 5.75. The van der Waals surface area contributed by atoms with E-state index in [0.717, 1.165) is 5.56 Å². The van der Waals surface area contributed by atoms with Crippen LogP contribution in [0.25, 0.3) is 11.5 Å². The number of hydrogen-bond acceptors (Lipinski definition) is 4. The molecule has 0 bridgehead atoms. The molecule has 4 nitrogen and oxygen atoms in total. The first-order chi connectivity index (χ1) is 8.93. The van der Waals surface area contributed by atoms with Gasteiger partial charge >= 0.3 is 0 Å². The molecule has 0 aliphatic carbocycles. The van der Waals surface area contributed by atoms with E-state index in [1.54, 1.807) is 0 Å². The van der Waals surface area contributed by atoms with Crippen LogP contribution in [0.3, 0.4) is 0 Å². The molecule has 1 aromatic heterocycles. The molecule has 1 unspecified atom stereocenters. The molecule has 1 atom stereocenters. The van der Waals surface area contributed by atoms with E-state index in [0.29, 0.717) is 11.8 Å². The van der Waals surface area contributed by atoms with Crippen LogP contribution in [0.5, 0.6) is 0 Å². The van der Waals surface area contributed by atoms with Crippen molar-refractivity contribution in [3.05, 3.63) is 35.7 Å². The Bertz CT molecular complexity index is 555. The first-order valence-electron chi connectivity index (χ1n) is 6.54. The number of rotatable bonds is 3. The zero-order valence-corrected chi connectivity index (χ0v) is 12.2. The fraction of sp³-hybridized carbons (Fsp3) is 0.467. The van der Waals surface area contributed by atoms with Crippen LogP contribution in [-0.2, 0) is 5.41 Å². The second kappa shape index (κ2) is 5.13. The van der Waals surface area contributed by atoms with E-state index in [1.807, 2.05) is 32.2 Å². The molecular weight excluding hydrogens is 238 g/mol. The van der Waals surface area contributed by atoms with E-state index in [1.165, 1.54) is 5.56 Å². The normalized spacial score (nSPS) is 13.5. The van der Waals surface area contributed by atoms with Gasteiger partial charge in [-0.15, -0.1) is 10.2 Å². The lowest BCUT2D eigenvalue weighted by molar-refractivity contribution is 0.440. The van der Waals surface area contributed by atoms with Gasteiger partial charge in [0.25, 0.3) is 0 Å². The van der Waals surface area contributed by atoms with Crippen molar-refractivity contribution in [1.29, 1.82) is 0 Å². The van der Waals surface area contributed by atoms with Crippen molar-refractivity contribution in [3.63, 3.8) is 0 Å². The smallest absolute Gasteiger partial charge is 0.248 e. The Balaban J connectivity index is 2.45. The molecule has 2 rings (SSSR count). The summed E-state index contributed by atoms with van der Waals surface area (Å²) in [6.07, 6.45) is 0. The lowest BCUT2D eigenvalue weighted by atomic mass is 9.84. The molecule has 0 saturated heterocycles. The van der Waals surface area contributed by atoms with Gasteiger partial charge in [-0.25, -0.2) is 0 Å². The molecule has 4 heteroatoms. The van der Waals surface area contributed by atoms with Crippen LogP contribution >= 0.6 is 0 Å². The predicted octanol–water partition coefficient (Wildman–Crippen LogP) is 3.31. The van der Waals surface area contributed by atoms with Gasteiger partial charge in [0.15, 0.2) is 0 Å². The number of nitrogens with zero attached hydrogens (tertiary/aromatic N) is 2. The summed E-state index contributed by atoms with van der Waals surface area (Å²) in [5, 5.41) is 11.4. The van der Waals surface area contributed by atoms with Crippen molar-refractivity contribution in [2.75, 3.05) is 7.05 Å². The summed E-state index contributed by atoms with van der Waals surface area (Å²) in [4.78, 5) is 0. The minimum absolute atomic E-state index is 0.0415. The molecule has 1 aromatic carbocycles. The van der Waals surface area contributed by atoms with E-state index in [2.05, 4.69) is 42.4 Å². The molecule has 0 spiro atoms. The quantitative estimate of drug-likeness (QED) is 0.918. The Morgan fingerprint density at radius 1 is 1.16 bits per heavy atom. The summed E-state index contributed by atoms with van der Waals surface area (Å²) < 4.78 is 5.77. The minimum atomic E-state index is 0.0415. The van der Waals surface area contributed by atoms with Crippen LogP contribution in [0.4, 0.5) is 0 Å². The van der Waals surface area contributed by atoms with Crippen molar-refractivity contribution in [3.8, 4) is 11.5 Å². The topological polar surface area (TPSA) is 51.0 Å². The number of aromatic nitrogens is 2. The van der Waals surface area contributed by atoms with Crippen LogP contribution in [0.15, 0.2) is 28.7 Å². The molecule has 19 heavy (non-hydrogen) atoms. The molecule has 1 heterocycles. The Hall–Kier alpha value is -1.68. The van der Waals surface area contributed by atoms with Gasteiger partial charge in [0, 0.05) is 5.56 Å². The van der Waals surface area contributed by atoms with Crippen molar-refractivity contribution in [2.24, 2.45) is 0 Å². The highest BCUT2D eigenvalue weighted by molar-refractivity contribution is 5.60. The fourth-order valence-electron chi connectivity index (χ4n) is 1.97. The SMILES string of the molecule is CNC(C)c1nnc(-c2ccccc2C(C)(C)C)o1. The maximum absolute atomic E-state index is 5.77. The van der Waals surface area contributed by atoms with Crippen molar-refractivity contribution >= 4 is 0 Å². The molecular formula is C15H21N3O. The zero-order valence-electron chi connectivity index (χ0n) is 12.2. The van der Waals surface area contributed by atoms with E-state index >= 15 is 0 Å². The van der Waals surface area contributed by atoms with Gasteiger partial charge in [0.05, 0.1) is 6.04 Å². The molecule has 0 aliphatic rings. The molecule has 0 aliphatic heterocycles. The van der Waals surface area contributed by atoms with Crippen LogP contribution in [0.2, 0.25) is 0 Å².